The molecule has 0 bridgehead atoms. The molecule has 0 fully saturated rings. The van der Waals surface area contributed by atoms with Crippen LogP contribution in [0.4, 0.5) is 10.1 Å². The van der Waals surface area contributed by atoms with Crippen LogP contribution in [-0.2, 0) is 0 Å². The molecule has 0 atom stereocenters. The fourth-order valence-electron chi connectivity index (χ4n) is 1.75. The van der Waals surface area contributed by atoms with Crippen LogP contribution in [0, 0.1) is 17.1 Å². The first kappa shape index (κ1) is 14.8. The number of benzene rings is 2. The zero-order chi connectivity index (χ0) is 15.4. The summed E-state index contributed by atoms with van der Waals surface area (Å²) in [7, 11) is 1.43. The van der Waals surface area contributed by atoms with E-state index in [1.807, 2.05) is 6.07 Å². The molecular formula is C15H10ClFN2O2. The normalized spacial score (nSPS) is 9.81. The largest absolute Gasteiger partial charge is 0.495 e. The number of anilines is 1. The third-order valence-corrected chi connectivity index (χ3v) is 3.08. The van der Waals surface area contributed by atoms with Gasteiger partial charge in [0.2, 0.25) is 0 Å². The Morgan fingerprint density at radius 3 is 2.76 bits per heavy atom. The van der Waals surface area contributed by atoms with Gasteiger partial charge in [-0.1, -0.05) is 17.7 Å². The maximum Gasteiger partial charge on any atom is 0.255 e. The summed E-state index contributed by atoms with van der Waals surface area (Å²) in [5.74, 6) is -0.767. The Morgan fingerprint density at radius 1 is 1.38 bits per heavy atom. The topological polar surface area (TPSA) is 62.1 Å². The lowest BCUT2D eigenvalue weighted by molar-refractivity contribution is 0.102. The molecule has 0 spiro atoms. The van der Waals surface area contributed by atoms with Crippen molar-refractivity contribution < 1.29 is 13.9 Å². The van der Waals surface area contributed by atoms with Crippen molar-refractivity contribution in [2.24, 2.45) is 0 Å². The van der Waals surface area contributed by atoms with E-state index >= 15 is 0 Å². The number of halogens is 2. The Morgan fingerprint density at radius 2 is 2.14 bits per heavy atom. The van der Waals surface area contributed by atoms with Crippen LogP contribution in [0.1, 0.15) is 15.9 Å². The molecule has 0 saturated heterocycles. The minimum Gasteiger partial charge on any atom is -0.495 e. The van der Waals surface area contributed by atoms with E-state index in [1.165, 1.54) is 19.2 Å². The fraction of sp³-hybridized carbons (Fsp3) is 0.0667. The first-order valence-electron chi connectivity index (χ1n) is 5.90. The lowest BCUT2D eigenvalue weighted by Gasteiger charge is -2.11. The first-order valence-corrected chi connectivity index (χ1v) is 6.28. The Labute approximate surface area is 125 Å². The van der Waals surface area contributed by atoms with Gasteiger partial charge in [-0.25, -0.2) is 4.39 Å². The predicted octanol–water partition coefficient (Wildman–Crippen LogP) is 3.61. The standard InChI is InChI=1S/C15H10ClFN2O2/c1-21-13-4-2-3-10(8-18)14(13)19-15(20)9-5-6-12(17)11(16)7-9/h2-7H,1H3,(H,19,20). The second-order valence-electron chi connectivity index (χ2n) is 4.08. The van der Waals surface area contributed by atoms with Crippen LogP contribution in [0.3, 0.4) is 0 Å². The number of nitrogens with one attached hydrogen (secondary N) is 1. The Kier molecular flexibility index (Phi) is 4.41. The first-order chi connectivity index (χ1) is 10.1. The van der Waals surface area contributed by atoms with E-state index in [1.54, 1.807) is 18.2 Å². The van der Waals surface area contributed by atoms with Gasteiger partial charge in [-0.15, -0.1) is 0 Å². The second-order valence-corrected chi connectivity index (χ2v) is 4.48. The van der Waals surface area contributed by atoms with Crippen molar-refractivity contribution in [3.05, 3.63) is 58.4 Å². The van der Waals surface area contributed by atoms with E-state index in [0.717, 1.165) is 6.07 Å². The summed E-state index contributed by atoms with van der Waals surface area (Å²) < 4.78 is 18.2. The van der Waals surface area contributed by atoms with Crippen molar-refractivity contribution in [3.63, 3.8) is 0 Å². The monoisotopic (exact) mass is 304 g/mol. The van der Waals surface area contributed by atoms with E-state index < -0.39 is 11.7 Å². The molecule has 2 aromatic rings. The van der Waals surface area contributed by atoms with Crippen LogP contribution in [0.15, 0.2) is 36.4 Å². The fourth-order valence-corrected chi connectivity index (χ4v) is 1.93. The van der Waals surface area contributed by atoms with Crippen molar-refractivity contribution in [1.82, 2.24) is 0 Å². The second kappa shape index (κ2) is 6.25. The number of para-hydroxylation sites is 1. The van der Waals surface area contributed by atoms with E-state index in [9.17, 15) is 9.18 Å². The number of ether oxygens (including phenoxy) is 1. The van der Waals surface area contributed by atoms with Gasteiger partial charge in [-0.3, -0.25) is 4.79 Å². The van der Waals surface area contributed by atoms with Gasteiger partial charge in [0.1, 0.15) is 23.3 Å². The van der Waals surface area contributed by atoms with Gasteiger partial charge in [0.05, 0.1) is 17.7 Å². The van der Waals surface area contributed by atoms with Crippen molar-refractivity contribution in [3.8, 4) is 11.8 Å². The Balaban J connectivity index is 2.36. The molecule has 21 heavy (non-hydrogen) atoms. The van der Waals surface area contributed by atoms with E-state index in [4.69, 9.17) is 21.6 Å². The minimum absolute atomic E-state index is 0.150. The number of nitriles is 1. The molecule has 0 unspecified atom stereocenters. The van der Waals surface area contributed by atoms with Crippen LogP contribution in [0.2, 0.25) is 5.02 Å². The van der Waals surface area contributed by atoms with Crippen LogP contribution < -0.4 is 10.1 Å². The molecule has 2 aromatic carbocycles. The summed E-state index contributed by atoms with van der Waals surface area (Å²) in [6.07, 6.45) is 0. The van der Waals surface area contributed by atoms with Crippen molar-refractivity contribution in [2.45, 2.75) is 0 Å². The molecule has 0 saturated carbocycles. The third kappa shape index (κ3) is 3.12. The molecule has 0 heterocycles. The van der Waals surface area contributed by atoms with Crippen LogP contribution in [0.25, 0.3) is 0 Å². The molecule has 106 valence electrons. The summed E-state index contributed by atoms with van der Waals surface area (Å²) >= 11 is 5.65. The number of carbonyl (C=O) groups excluding carboxylic acids is 1. The summed E-state index contributed by atoms with van der Waals surface area (Å²) in [5.41, 5.74) is 0.694. The van der Waals surface area contributed by atoms with Gasteiger partial charge in [-0.05, 0) is 30.3 Å². The molecule has 4 nitrogen and oxygen atoms in total. The quantitative estimate of drug-likeness (QED) is 0.942. The van der Waals surface area contributed by atoms with Crippen molar-refractivity contribution in [2.75, 3.05) is 12.4 Å². The maximum absolute atomic E-state index is 13.1. The van der Waals surface area contributed by atoms with Gasteiger partial charge in [0.15, 0.2) is 0 Å². The number of rotatable bonds is 3. The number of hydrogen-bond donors (Lipinski definition) is 1. The minimum atomic E-state index is -0.608. The highest BCUT2D eigenvalue weighted by molar-refractivity contribution is 6.31. The van der Waals surface area contributed by atoms with Gasteiger partial charge in [0, 0.05) is 5.56 Å². The lowest BCUT2D eigenvalue weighted by atomic mass is 10.1. The Hall–Kier alpha value is -2.58. The van der Waals surface area contributed by atoms with Gasteiger partial charge < -0.3 is 10.1 Å². The molecule has 0 aliphatic carbocycles. The number of amides is 1. The number of carbonyl (C=O) groups is 1. The van der Waals surface area contributed by atoms with Crippen molar-refractivity contribution in [1.29, 1.82) is 5.26 Å². The number of methoxy groups -OCH3 is 1. The molecular weight excluding hydrogens is 295 g/mol. The number of nitrogens with zero attached hydrogens (tertiary/aromatic N) is 1. The molecule has 1 N–H and O–H groups in total. The van der Waals surface area contributed by atoms with E-state index in [0.29, 0.717) is 5.75 Å². The summed E-state index contributed by atoms with van der Waals surface area (Å²) in [4.78, 5) is 12.2. The predicted molar refractivity (Wildman–Crippen MR) is 77.1 cm³/mol. The van der Waals surface area contributed by atoms with E-state index in [-0.39, 0.29) is 21.8 Å². The molecule has 0 aliphatic heterocycles. The average Bonchev–Trinajstić information content (AvgIpc) is 2.50. The van der Waals surface area contributed by atoms with Crippen LogP contribution in [0.5, 0.6) is 5.75 Å². The highest BCUT2D eigenvalue weighted by atomic mass is 35.5. The highest BCUT2D eigenvalue weighted by Crippen LogP contribution is 2.28. The van der Waals surface area contributed by atoms with Gasteiger partial charge in [-0.2, -0.15) is 5.26 Å². The van der Waals surface area contributed by atoms with Crippen LogP contribution >= 0.6 is 11.6 Å². The molecule has 0 aromatic heterocycles. The Bertz CT molecular complexity index is 741. The smallest absolute Gasteiger partial charge is 0.255 e. The number of hydrogen-bond acceptors (Lipinski definition) is 3. The zero-order valence-corrected chi connectivity index (χ0v) is 11.7. The third-order valence-electron chi connectivity index (χ3n) is 2.79. The van der Waals surface area contributed by atoms with Gasteiger partial charge >= 0.3 is 0 Å². The molecule has 1 amide bonds. The zero-order valence-electron chi connectivity index (χ0n) is 11.0. The average molecular weight is 305 g/mol. The molecule has 0 radical (unpaired) electrons. The summed E-state index contributed by atoms with van der Waals surface area (Å²) in [6, 6.07) is 10.4. The van der Waals surface area contributed by atoms with Crippen LogP contribution in [-0.4, -0.2) is 13.0 Å². The highest BCUT2D eigenvalue weighted by Gasteiger charge is 2.14. The molecule has 0 aliphatic rings. The summed E-state index contributed by atoms with van der Waals surface area (Å²) in [5, 5.41) is 11.5. The van der Waals surface area contributed by atoms with Crippen molar-refractivity contribution >= 4 is 23.2 Å². The maximum atomic E-state index is 13.1. The SMILES string of the molecule is COc1cccc(C#N)c1NC(=O)c1ccc(F)c(Cl)c1. The lowest BCUT2D eigenvalue weighted by Crippen LogP contribution is -2.14. The molecule has 6 heteroatoms. The molecule has 2 rings (SSSR count). The summed E-state index contributed by atoms with van der Waals surface area (Å²) in [6.45, 7) is 0. The van der Waals surface area contributed by atoms with E-state index in [2.05, 4.69) is 5.32 Å². The van der Waals surface area contributed by atoms with Gasteiger partial charge in [0.25, 0.3) is 5.91 Å².